The maximum Gasteiger partial charge on any atom is 0.251 e. The fraction of sp³-hybridized carbons (Fsp3) is 0.0588. The van der Waals surface area contributed by atoms with Gasteiger partial charge in [-0.05, 0) is 0 Å². The van der Waals surface area contributed by atoms with Gasteiger partial charge in [0.15, 0.2) is 63.3 Å². The Hall–Kier alpha value is -3.16. The average Bonchev–Trinajstić information content (AvgIpc) is 2.82. The maximum atomic E-state index is 14.1. The third-order valence-corrected chi connectivity index (χ3v) is 7.99. The number of hydrogen-bond donors (Lipinski definition) is 0. The van der Waals surface area contributed by atoms with Crippen molar-refractivity contribution in [3.8, 4) is 0 Å². The molecule has 0 aliphatic rings. The van der Waals surface area contributed by atoms with Gasteiger partial charge in [-0.2, -0.15) is 8.78 Å². The van der Waals surface area contributed by atoms with Crippen molar-refractivity contribution >= 4 is 31.3 Å². The Labute approximate surface area is 195 Å². The summed E-state index contributed by atoms with van der Waals surface area (Å²) in [6.45, 7) is 0. The highest BCUT2D eigenvalue weighted by Crippen LogP contribution is 2.36. The van der Waals surface area contributed by atoms with Gasteiger partial charge in [-0.1, -0.05) is 0 Å². The van der Waals surface area contributed by atoms with Gasteiger partial charge in [0.05, 0.1) is 11.1 Å². The van der Waals surface area contributed by atoms with Crippen LogP contribution in [0, 0.1) is 58.2 Å². The van der Waals surface area contributed by atoms with Crippen LogP contribution in [0.4, 0.5) is 61.5 Å². The van der Waals surface area contributed by atoms with Gasteiger partial charge in [-0.3, -0.25) is 0 Å². The summed E-state index contributed by atoms with van der Waals surface area (Å²) in [4.78, 5) is 0. The Kier molecular flexibility index (Phi) is 8.09. The van der Waals surface area contributed by atoms with Crippen LogP contribution in [0.3, 0.4) is 0 Å². The fourth-order valence-corrected chi connectivity index (χ4v) is 5.58. The molecule has 204 valence electrons. The summed E-state index contributed by atoms with van der Waals surface area (Å²) < 4.78 is 236. The Morgan fingerprint density at radius 2 is 0.595 bits per heavy atom. The number of rotatable bonds is 6. The molecule has 0 aromatic heterocycles. The van der Waals surface area contributed by atoms with Crippen molar-refractivity contribution in [3.05, 3.63) is 79.6 Å². The predicted molar refractivity (Wildman–Crippen MR) is 93.4 cm³/mol. The molecule has 0 saturated carbocycles. The molecule has 2 aromatic carbocycles. The molecule has 0 fully saturated rings. The van der Waals surface area contributed by atoms with Crippen molar-refractivity contribution in [3.63, 3.8) is 0 Å². The molecule has 0 heterocycles. The number of sulfone groups is 2. The maximum absolute atomic E-state index is 14.1. The predicted octanol–water partition coefficient (Wildman–Crippen LogP) is 5.70. The standard InChI is InChI=1S/C17H2F14O4S2/c18-4-2(5(19)11(25)14(28)10(4)24)8(22)16(30)36(32,33)1-37(34,35)17(31)9(23)3-6(20)12(26)15(29)13(27)7(3)21/h1H2/b16-8+,17-9+. The van der Waals surface area contributed by atoms with Gasteiger partial charge in [0.25, 0.3) is 10.3 Å². The van der Waals surface area contributed by atoms with E-state index in [4.69, 9.17) is 0 Å². The lowest BCUT2D eigenvalue weighted by Crippen LogP contribution is -2.19. The molecule has 0 bridgehead atoms. The van der Waals surface area contributed by atoms with Crippen LogP contribution in [-0.4, -0.2) is 21.9 Å². The second-order valence-electron chi connectivity index (χ2n) is 6.41. The minimum Gasteiger partial charge on any atom is -0.220 e. The van der Waals surface area contributed by atoms with E-state index in [9.17, 15) is 78.3 Å². The molecule has 0 aliphatic carbocycles. The lowest BCUT2D eigenvalue weighted by Gasteiger charge is -2.09. The van der Waals surface area contributed by atoms with Crippen LogP contribution in [0.25, 0.3) is 11.7 Å². The van der Waals surface area contributed by atoms with Crippen molar-refractivity contribution in [1.82, 2.24) is 0 Å². The zero-order chi connectivity index (χ0) is 28.9. The third-order valence-electron chi connectivity index (χ3n) is 4.06. The van der Waals surface area contributed by atoms with Gasteiger partial charge in [0.1, 0.15) is 0 Å². The van der Waals surface area contributed by atoms with E-state index in [0.29, 0.717) is 0 Å². The van der Waals surface area contributed by atoms with Gasteiger partial charge < -0.3 is 0 Å². The van der Waals surface area contributed by atoms with Crippen molar-refractivity contribution in [2.75, 3.05) is 5.08 Å². The van der Waals surface area contributed by atoms with Gasteiger partial charge in [0.2, 0.25) is 31.3 Å². The Bertz CT molecular complexity index is 1430. The zero-order valence-corrected chi connectivity index (χ0v) is 18.1. The summed E-state index contributed by atoms with van der Waals surface area (Å²) in [5.74, 6) is -36.9. The lowest BCUT2D eigenvalue weighted by molar-refractivity contribution is 0.374. The molecule has 37 heavy (non-hydrogen) atoms. The molecule has 2 aromatic rings. The molecular formula is C17H2F14O4S2. The Morgan fingerprint density at radius 3 is 0.811 bits per heavy atom. The smallest absolute Gasteiger partial charge is 0.220 e. The topological polar surface area (TPSA) is 68.3 Å². The first-order chi connectivity index (χ1) is 16.7. The molecule has 0 aliphatic heterocycles. The molecule has 0 unspecified atom stereocenters. The summed E-state index contributed by atoms with van der Waals surface area (Å²) >= 11 is 0. The number of halogens is 14. The van der Waals surface area contributed by atoms with Gasteiger partial charge in [-0.15, -0.1) is 0 Å². The molecule has 20 heteroatoms. The molecule has 0 amide bonds. The van der Waals surface area contributed by atoms with Crippen LogP contribution in [0.15, 0.2) is 10.3 Å². The van der Waals surface area contributed by atoms with Crippen molar-refractivity contribution in [2.24, 2.45) is 0 Å². The Balaban J connectivity index is 2.69. The molecule has 0 saturated heterocycles. The van der Waals surface area contributed by atoms with Crippen LogP contribution in [0.1, 0.15) is 11.1 Å². The molecule has 0 spiro atoms. The van der Waals surface area contributed by atoms with E-state index in [-0.39, 0.29) is 0 Å². The van der Waals surface area contributed by atoms with E-state index in [1.54, 1.807) is 0 Å². The second kappa shape index (κ2) is 9.95. The molecule has 0 atom stereocenters. The first kappa shape index (κ1) is 30.1. The number of hydrogen-bond acceptors (Lipinski definition) is 4. The molecule has 0 radical (unpaired) electrons. The van der Waals surface area contributed by atoms with E-state index in [1.165, 1.54) is 0 Å². The number of benzene rings is 2. The quantitative estimate of drug-likeness (QED) is 0.243. The summed E-state index contributed by atoms with van der Waals surface area (Å²) in [7, 11) is -13.2. The Morgan fingerprint density at radius 1 is 0.405 bits per heavy atom. The van der Waals surface area contributed by atoms with E-state index < -0.39 is 116 Å². The highest BCUT2D eigenvalue weighted by Gasteiger charge is 2.39. The molecular weight excluding hydrogens is 598 g/mol. The summed E-state index contributed by atoms with van der Waals surface area (Å²) in [6.07, 6.45) is 0. The largest absolute Gasteiger partial charge is 0.251 e. The SMILES string of the molecule is O=S(=O)(CS(=O)(=O)/C(F)=C(/F)c1c(F)c(F)c(F)c(F)c1F)/C(F)=C(/F)c1c(F)c(F)c(F)c(F)c1F. The van der Waals surface area contributed by atoms with E-state index in [1.807, 2.05) is 0 Å². The molecule has 4 nitrogen and oxygen atoms in total. The highest BCUT2D eigenvalue weighted by atomic mass is 32.3. The lowest BCUT2D eigenvalue weighted by atomic mass is 10.1. The molecule has 0 N–H and O–H groups in total. The summed E-state index contributed by atoms with van der Waals surface area (Å²) in [5.41, 5.74) is -5.73. The average molecular weight is 600 g/mol. The first-order valence-electron chi connectivity index (χ1n) is 8.30. The van der Waals surface area contributed by atoms with Crippen molar-refractivity contribution in [2.45, 2.75) is 0 Å². The zero-order valence-electron chi connectivity index (χ0n) is 16.4. The van der Waals surface area contributed by atoms with E-state index >= 15 is 0 Å². The van der Waals surface area contributed by atoms with Crippen molar-refractivity contribution < 1.29 is 78.3 Å². The van der Waals surface area contributed by atoms with Crippen molar-refractivity contribution in [1.29, 1.82) is 0 Å². The minimum atomic E-state index is -6.60. The summed E-state index contributed by atoms with van der Waals surface area (Å²) in [6, 6.07) is 0. The fourth-order valence-electron chi connectivity index (χ4n) is 2.37. The molecule has 2 rings (SSSR count). The summed E-state index contributed by atoms with van der Waals surface area (Å²) in [5, 5.41) is -10.4. The van der Waals surface area contributed by atoms with Gasteiger partial charge in [0, 0.05) is 0 Å². The van der Waals surface area contributed by atoms with Crippen LogP contribution in [0.2, 0.25) is 0 Å². The van der Waals surface area contributed by atoms with Crippen LogP contribution in [0.5, 0.6) is 0 Å². The highest BCUT2D eigenvalue weighted by molar-refractivity contribution is 8.11. The van der Waals surface area contributed by atoms with Gasteiger partial charge in [-0.25, -0.2) is 69.5 Å². The van der Waals surface area contributed by atoms with E-state index in [2.05, 4.69) is 0 Å². The minimum absolute atomic E-state index is 2.86. The van der Waals surface area contributed by atoms with E-state index in [0.717, 1.165) is 0 Å². The van der Waals surface area contributed by atoms with Crippen LogP contribution in [-0.2, 0) is 19.7 Å². The van der Waals surface area contributed by atoms with Crippen LogP contribution >= 0.6 is 0 Å². The van der Waals surface area contributed by atoms with Gasteiger partial charge >= 0.3 is 0 Å². The first-order valence-corrected chi connectivity index (χ1v) is 11.6. The monoisotopic (exact) mass is 600 g/mol. The second-order valence-corrected chi connectivity index (χ2v) is 10.5. The third kappa shape index (κ3) is 5.03. The van der Waals surface area contributed by atoms with Crippen LogP contribution < -0.4 is 0 Å². The normalized spacial score (nSPS) is 14.0.